The minimum atomic E-state index is -5.01. The van der Waals surface area contributed by atoms with E-state index >= 15 is 0 Å². The number of aryl methyl sites for hydroxylation is 1. The molecule has 39 heavy (non-hydrogen) atoms. The van der Waals surface area contributed by atoms with E-state index in [9.17, 15) is 35.5 Å². The molecule has 0 saturated carbocycles. The van der Waals surface area contributed by atoms with E-state index in [4.69, 9.17) is 9.84 Å². The highest BCUT2D eigenvalue weighted by Gasteiger charge is 2.39. The molecule has 216 valence electrons. The van der Waals surface area contributed by atoms with Crippen molar-refractivity contribution in [3.05, 3.63) is 70.0 Å². The maximum atomic E-state index is 13.8. The molecule has 1 fully saturated rings. The van der Waals surface area contributed by atoms with Gasteiger partial charge < -0.3 is 19.6 Å². The van der Waals surface area contributed by atoms with Gasteiger partial charge in [-0.05, 0) is 80.1 Å². The normalized spacial score (nSPS) is 19.2. The van der Waals surface area contributed by atoms with Gasteiger partial charge >= 0.3 is 18.4 Å². The predicted molar refractivity (Wildman–Crippen MR) is 129 cm³/mol. The van der Waals surface area contributed by atoms with Crippen molar-refractivity contribution in [1.82, 2.24) is 9.80 Å². The molecule has 12 heteroatoms. The largest absolute Gasteiger partial charge is 0.416 e. The number of hydrogen-bond acceptors (Lipinski definition) is 3. The first-order valence-corrected chi connectivity index (χ1v) is 12.4. The first-order chi connectivity index (χ1) is 18.1. The molecule has 0 aliphatic carbocycles. The quantitative estimate of drug-likeness (QED) is 0.295. The van der Waals surface area contributed by atoms with Crippen molar-refractivity contribution in [2.45, 2.75) is 63.7 Å². The summed E-state index contributed by atoms with van der Waals surface area (Å²) in [7, 11) is 1.32. The number of nitrogens with zero attached hydrogens (tertiary/aromatic N) is 2. The van der Waals surface area contributed by atoms with Gasteiger partial charge in [-0.15, -0.1) is 0 Å². The van der Waals surface area contributed by atoms with Gasteiger partial charge in [0, 0.05) is 26.8 Å². The molecule has 5 nitrogen and oxygen atoms in total. The zero-order valence-electron chi connectivity index (χ0n) is 21.7. The van der Waals surface area contributed by atoms with E-state index in [0.29, 0.717) is 49.1 Å². The summed E-state index contributed by atoms with van der Waals surface area (Å²) in [6, 6.07) is 3.11. The Morgan fingerprint density at radius 2 is 1.72 bits per heavy atom. The van der Waals surface area contributed by atoms with Crippen LogP contribution in [0, 0.1) is 12.7 Å². The molecule has 1 heterocycles. The summed E-state index contributed by atoms with van der Waals surface area (Å²) in [5.41, 5.74) is -2.00. The lowest BCUT2D eigenvalue weighted by molar-refractivity contribution is -0.143. The van der Waals surface area contributed by atoms with Crippen molar-refractivity contribution >= 4 is 6.03 Å². The number of aliphatic hydroxyl groups excluding tert-OH is 1. The average Bonchev–Trinajstić information content (AvgIpc) is 2.86. The molecule has 0 bridgehead atoms. The fraction of sp³-hybridized carbons (Fsp3) is 0.519. The average molecular weight is 565 g/mol. The van der Waals surface area contributed by atoms with Crippen LogP contribution in [-0.2, 0) is 17.1 Å². The van der Waals surface area contributed by atoms with E-state index < -0.39 is 47.4 Å². The summed E-state index contributed by atoms with van der Waals surface area (Å²) in [5.74, 6) is -0.462. The van der Waals surface area contributed by atoms with E-state index in [-0.39, 0.29) is 30.9 Å². The van der Waals surface area contributed by atoms with Crippen LogP contribution in [0.25, 0.3) is 0 Å². The molecule has 2 aromatic rings. The van der Waals surface area contributed by atoms with Crippen molar-refractivity contribution in [2.24, 2.45) is 0 Å². The molecule has 1 saturated heterocycles. The third-order valence-corrected chi connectivity index (χ3v) is 7.02. The van der Waals surface area contributed by atoms with Gasteiger partial charge in [-0.3, -0.25) is 0 Å². The predicted octanol–water partition coefficient (Wildman–Crippen LogP) is 6.89. The standard InChI is InChI=1S/C27H31F7N2O3/c1-16-11-21(28)5-6-23(16)24-15-22(39-10-4-9-37)7-8-36(24)25(38)35(3)17(2)18-12-19(26(29,30)31)14-20(13-18)27(32,33)34/h5-6,11-14,17,22,24,37H,4,7-10,15H2,1-3H3/t17-,22-,24+/m0/s1. The van der Waals surface area contributed by atoms with Crippen LogP contribution in [0.1, 0.15) is 66.1 Å². The molecule has 0 unspecified atom stereocenters. The van der Waals surface area contributed by atoms with Gasteiger partial charge in [0.15, 0.2) is 0 Å². The number of halogens is 7. The Morgan fingerprint density at radius 1 is 1.10 bits per heavy atom. The molecular weight excluding hydrogens is 533 g/mol. The highest BCUT2D eigenvalue weighted by Crippen LogP contribution is 2.39. The SMILES string of the molecule is Cc1cc(F)ccc1[C@H]1C[C@@H](OCCCO)CCN1C(=O)N(C)[C@@H](C)c1cc(C(F)(F)F)cc(C(F)(F)F)c1. The highest BCUT2D eigenvalue weighted by atomic mass is 19.4. The van der Waals surface area contributed by atoms with E-state index in [0.717, 1.165) is 4.90 Å². The summed E-state index contributed by atoms with van der Waals surface area (Å²) in [4.78, 5) is 16.3. The highest BCUT2D eigenvalue weighted by molar-refractivity contribution is 5.75. The molecule has 1 aliphatic rings. The van der Waals surface area contributed by atoms with E-state index in [1.807, 2.05) is 0 Å². The van der Waals surface area contributed by atoms with Crippen LogP contribution in [0.4, 0.5) is 35.5 Å². The third-order valence-electron chi connectivity index (χ3n) is 7.02. The van der Waals surface area contributed by atoms with Crippen molar-refractivity contribution in [3.63, 3.8) is 0 Å². The maximum Gasteiger partial charge on any atom is 0.416 e. The number of carbonyl (C=O) groups is 1. The van der Waals surface area contributed by atoms with Crippen molar-refractivity contribution in [3.8, 4) is 0 Å². The molecule has 3 rings (SSSR count). The fourth-order valence-corrected chi connectivity index (χ4v) is 4.75. The van der Waals surface area contributed by atoms with Gasteiger partial charge in [0.2, 0.25) is 0 Å². The summed E-state index contributed by atoms with van der Waals surface area (Å²) in [6.45, 7) is 3.49. The molecule has 3 atom stereocenters. The fourth-order valence-electron chi connectivity index (χ4n) is 4.75. The number of likely N-dealkylation sites (tertiary alicyclic amines) is 1. The lowest BCUT2D eigenvalue weighted by Gasteiger charge is -2.43. The van der Waals surface area contributed by atoms with Crippen LogP contribution in [-0.4, -0.2) is 53.8 Å². The Bertz CT molecular complexity index is 1120. The van der Waals surface area contributed by atoms with Crippen LogP contribution in [0.5, 0.6) is 0 Å². The van der Waals surface area contributed by atoms with Crippen molar-refractivity contribution in [2.75, 3.05) is 26.8 Å². The van der Waals surface area contributed by atoms with Crippen molar-refractivity contribution < 1.29 is 45.4 Å². The molecular formula is C27H31F7N2O3. The van der Waals surface area contributed by atoms with Crippen LogP contribution in [0.15, 0.2) is 36.4 Å². The lowest BCUT2D eigenvalue weighted by atomic mass is 9.90. The minimum absolute atomic E-state index is 0.0486. The lowest BCUT2D eigenvalue weighted by Crippen LogP contribution is -2.49. The second-order valence-corrected chi connectivity index (χ2v) is 9.71. The number of hydrogen-bond donors (Lipinski definition) is 1. The number of aliphatic hydroxyl groups is 1. The van der Waals surface area contributed by atoms with E-state index in [1.165, 1.54) is 31.0 Å². The minimum Gasteiger partial charge on any atom is -0.396 e. The zero-order chi connectivity index (χ0) is 29.1. The Balaban J connectivity index is 1.93. The first kappa shape index (κ1) is 30.7. The summed E-state index contributed by atoms with van der Waals surface area (Å²) >= 11 is 0. The summed E-state index contributed by atoms with van der Waals surface area (Å²) in [6.07, 6.45) is -9.10. The van der Waals surface area contributed by atoms with Gasteiger partial charge in [-0.1, -0.05) is 6.07 Å². The topological polar surface area (TPSA) is 53.0 Å². The summed E-state index contributed by atoms with van der Waals surface area (Å²) < 4.78 is 100. The van der Waals surface area contributed by atoms with Gasteiger partial charge in [0.05, 0.1) is 29.3 Å². The van der Waals surface area contributed by atoms with E-state index in [2.05, 4.69) is 0 Å². The van der Waals surface area contributed by atoms with Gasteiger partial charge in [0.1, 0.15) is 5.82 Å². The Hall–Kier alpha value is -2.86. The second-order valence-electron chi connectivity index (χ2n) is 9.71. The maximum absolute atomic E-state index is 13.8. The first-order valence-electron chi connectivity index (χ1n) is 12.4. The smallest absolute Gasteiger partial charge is 0.396 e. The Labute approximate surface area is 222 Å². The molecule has 0 aromatic heterocycles. The van der Waals surface area contributed by atoms with Gasteiger partial charge in [-0.25, -0.2) is 9.18 Å². The van der Waals surface area contributed by atoms with Gasteiger partial charge in [-0.2, -0.15) is 26.3 Å². The molecule has 1 N–H and O–H groups in total. The third kappa shape index (κ3) is 7.42. The molecule has 0 spiro atoms. The number of alkyl halides is 6. The van der Waals surface area contributed by atoms with Crippen LogP contribution < -0.4 is 0 Å². The van der Waals surface area contributed by atoms with Crippen molar-refractivity contribution in [1.29, 1.82) is 0 Å². The molecule has 0 radical (unpaired) electrons. The summed E-state index contributed by atoms with van der Waals surface area (Å²) in [5, 5.41) is 9.03. The van der Waals surface area contributed by atoms with E-state index in [1.54, 1.807) is 13.0 Å². The van der Waals surface area contributed by atoms with Crippen LogP contribution in [0.3, 0.4) is 0 Å². The number of rotatable bonds is 7. The van der Waals surface area contributed by atoms with Gasteiger partial charge in [0.25, 0.3) is 0 Å². The van der Waals surface area contributed by atoms with Crippen LogP contribution >= 0.6 is 0 Å². The zero-order valence-corrected chi connectivity index (χ0v) is 21.7. The number of benzene rings is 2. The molecule has 1 aliphatic heterocycles. The monoisotopic (exact) mass is 564 g/mol. The second kappa shape index (κ2) is 12.1. The Kier molecular flexibility index (Phi) is 9.53. The number of urea groups is 1. The molecule has 2 amide bonds. The van der Waals surface area contributed by atoms with Crippen LogP contribution in [0.2, 0.25) is 0 Å². The number of amides is 2. The Morgan fingerprint density at radius 3 is 2.26 bits per heavy atom. The molecule has 2 aromatic carbocycles. The number of ether oxygens (including phenoxy) is 1. The number of carbonyl (C=O) groups excluding carboxylic acids is 1. The number of piperidine rings is 1.